The van der Waals surface area contributed by atoms with Gasteiger partial charge in [-0.25, -0.2) is 4.98 Å². The lowest BCUT2D eigenvalue weighted by atomic mass is 10.2. The number of hydrogen-bond acceptors (Lipinski definition) is 3. The quantitative estimate of drug-likeness (QED) is 0.234. The van der Waals surface area contributed by atoms with Crippen LogP contribution in [0.15, 0.2) is 104 Å². The monoisotopic (exact) mass is 457 g/mol. The minimum atomic E-state index is -1.91. The molecule has 2 heterocycles. The molecule has 33 heavy (non-hydrogen) atoms. The molecule has 4 rings (SSSR count). The van der Waals surface area contributed by atoms with Crippen molar-refractivity contribution in [3.63, 3.8) is 0 Å². The standard InChI is InChI=1S/C27H25FN3OP/c28-26-16-15-22(20-31-26)27(32)30-18-7-8-19-33(23-10-3-1-4-11-23,24-12-5-2-6-13-24)25-14-9-17-29-21-25/h1-6,9-17,20-21H,7-8,18-19H2/p+1/i28-1. The van der Waals surface area contributed by atoms with Crippen molar-refractivity contribution in [2.75, 3.05) is 12.7 Å². The van der Waals surface area contributed by atoms with E-state index in [1.165, 1.54) is 34.2 Å². The molecule has 0 spiro atoms. The van der Waals surface area contributed by atoms with E-state index in [4.69, 9.17) is 0 Å². The highest BCUT2D eigenvalue weighted by molar-refractivity contribution is 7.95. The summed E-state index contributed by atoms with van der Waals surface area (Å²) in [7, 11) is -1.91. The van der Waals surface area contributed by atoms with Crippen LogP contribution in [0.1, 0.15) is 23.2 Å². The Morgan fingerprint density at radius 1 is 0.788 bits per heavy atom. The van der Waals surface area contributed by atoms with Gasteiger partial charge in [-0.3, -0.25) is 9.78 Å². The van der Waals surface area contributed by atoms with Gasteiger partial charge in [0.2, 0.25) is 5.95 Å². The summed E-state index contributed by atoms with van der Waals surface area (Å²) in [5.74, 6) is -0.828. The van der Waals surface area contributed by atoms with Gasteiger partial charge in [0.25, 0.3) is 5.91 Å². The second-order valence-corrected chi connectivity index (χ2v) is 11.4. The first-order valence-corrected chi connectivity index (χ1v) is 13.0. The number of halogens is 1. The van der Waals surface area contributed by atoms with E-state index >= 15 is 0 Å². The van der Waals surface area contributed by atoms with Gasteiger partial charge >= 0.3 is 0 Å². The highest BCUT2D eigenvalue weighted by Gasteiger charge is 2.44. The molecule has 0 saturated carbocycles. The van der Waals surface area contributed by atoms with Crippen molar-refractivity contribution in [2.45, 2.75) is 12.8 Å². The van der Waals surface area contributed by atoms with E-state index < -0.39 is 13.2 Å². The van der Waals surface area contributed by atoms with E-state index in [1.54, 1.807) is 0 Å². The van der Waals surface area contributed by atoms with Crippen molar-refractivity contribution < 1.29 is 9.18 Å². The molecule has 1 amide bonds. The zero-order chi connectivity index (χ0) is 22.9. The maximum absolute atomic E-state index is 13.0. The van der Waals surface area contributed by atoms with E-state index in [1.807, 2.05) is 30.6 Å². The molecule has 0 fully saturated rings. The number of carbonyl (C=O) groups is 1. The van der Waals surface area contributed by atoms with Crippen molar-refractivity contribution in [1.29, 1.82) is 0 Å². The van der Waals surface area contributed by atoms with Gasteiger partial charge in [0.1, 0.15) is 23.2 Å². The Kier molecular flexibility index (Phi) is 7.54. The number of nitrogens with zero attached hydrogens (tertiary/aromatic N) is 2. The molecule has 4 aromatic rings. The van der Waals surface area contributed by atoms with Crippen LogP contribution in [0, 0.1) is 5.95 Å². The van der Waals surface area contributed by atoms with Crippen LogP contribution < -0.4 is 21.2 Å². The number of benzene rings is 2. The van der Waals surface area contributed by atoms with E-state index in [9.17, 15) is 9.18 Å². The molecule has 0 radical (unpaired) electrons. The average Bonchev–Trinajstić information content (AvgIpc) is 2.88. The van der Waals surface area contributed by atoms with Crippen LogP contribution in [-0.4, -0.2) is 28.6 Å². The second-order valence-electron chi connectivity index (χ2n) is 7.75. The molecule has 6 heteroatoms. The van der Waals surface area contributed by atoms with Crippen LogP contribution in [-0.2, 0) is 0 Å². The largest absolute Gasteiger partial charge is 0.352 e. The lowest BCUT2D eigenvalue weighted by Gasteiger charge is -2.27. The Labute approximate surface area is 194 Å². The molecule has 1 N–H and O–H groups in total. The summed E-state index contributed by atoms with van der Waals surface area (Å²) >= 11 is 0. The second kappa shape index (κ2) is 10.9. The summed E-state index contributed by atoms with van der Waals surface area (Å²) < 4.78 is 13.0. The number of nitrogens with one attached hydrogen (secondary N) is 1. The number of pyridine rings is 2. The number of carbonyl (C=O) groups excluding carboxylic acids is 1. The molecule has 0 bridgehead atoms. The summed E-state index contributed by atoms with van der Waals surface area (Å²) in [6.45, 7) is 0.548. The van der Waals surface area contributed by atoms with Crippen LogP contribution in [0.5, 0.6) is 0 Å². The third kappa shape index (κ3) is 5.32. The first kappa shape index (κ1) is 22.8. The minimum Gasteiger partial charge on any atom is -0.352 e. The van der Waals surface area contributed by atoms with Gasteiger partial charge in [-0.2, -0.15) is 4.39 Å². The Morgan fingerprint density at radius 2 is 1.45 bits per heavy atom. The molecule has 2 aromatic heterocycles. The predicted octanol–water partition coefficient (Wildman–Crippen LogP) is 4.12. The molecule has 0 saturated heterocycles. The number of aromatic nitrogens is 2. The SMILES string of the molecule is O=C(NCCCC[P+](c1ccccc1)(c1ccccc1)c1cccnc1)c1ccc([18F])nc1. The first-order valence-electron chi connectivity index (χ1n) is 11.0. The smallest absolute Gasteiger partial charge is 0.252 e. The van der Waals surface area contributed by atoms with Crippen molar-refractivity contribution in [1.82, 2.24) is 15.3 Å². The number of unbranched alkanes of at least 4 members (excludes halogenated alkanes) is 1. The van der Waals surface area contributed by atoms with Crippen molar-refractivity contribution in [2.24, 2.45) is 0 Å². The van der Waals surface area contributed by atoms with Gasteiger partial charge in [-0.15, -0.1) is 0 Å². The Morgan fingerprint density at radius 3 is 2.03 bits per heavy atom. The van der Waals surface area contributed by atoms with Crippen LogP contribution in [0.4, 0.5) is 4.39 Å². The van der Waals surface area contributed by atoms with E-state index in [0.29, 0.717) is 12.1 Å². The van der Waals surface area contributed by atoms with Gasteiger partial charge in [-0.05, 0) is 61.4 Å². The average molecular weight is 457 g/mol. The van der Waals surface area contributed by atoms with Gasteiger partial charge < -0.3 is 5.32 Å². The first-order chi connectivity index (χ1) is 16.2. The lowest BCUT2D eigenvalue weighted by Crippen LogP contribution is -2.34. The van der Waals surface area contributed by atoms with Gasteiger partial charge in [0.05, 0.1) is 17.9 Å². The lowest BCUT2D eigenvalue weighted by molar-refractivity contribution is 0.0952. The van der Waals surface area contributed by atoms with Crippen LogP contribution >= 0.6 is 7.26 Å². The van der Waals surface area contributed by atoms with Crippen molar-refractivity contribution in [3.05, 3.63) is 115 Å². The third-order valence-electron chi connectivity index (χ3n) is 5.68. The fraction of sp³-hybridized carbons (Fsp3) is 0.148. The van der Waals surface area contributed by atoms with Gasteiger partial charge in [0, 0.05) is 18.9 Å². The summed E-state index contributed by atoms with van der Waals surface area (Å²) in [6, 6.07) is 28.2. The minimum absolute atomic E-state index is 0.234. The molecule has 0 aliphatic carbocycles. The maximum atomic E-state index is 13.0. The normalized spacial score (nSPS) is 11.2. The van der Waals surface area contributed by atoms with Gasteiger partial charge in [0.15, 0.2) is 0 Å². The van der Waals surface area contributed by atoms with Crippen LogP contribution in [0.25, 0.3) is 0 Å². The Balaban J connectivity index is 1.53. The zero-order valence-electron chi connectivity index (χ0n) is 18.3. The van der Waals surface area contributed by atoms with E-state index in [2.05, 4.69) is 69.9 Å². The number of amides is 1. The third-order valence-corrected chi connectivity index (χ3v) is 10.2. The summed E-state index contributed by atoms with van der Waals surface area (Å²) in [5, 5.41) is 6.83. The number of hydrogen-bond donors (Lipinski definition) is 1. The zero-order valence-corrected chi connectivity index (χ0v) is 19.2. The molecule has 2 aromatic carbocycles. The molecular weight excluding hydrogens is 431 g/mol. The molecule has 4 nitrogen and oxygen atoms in total. The van der Waals surface area contributed by atoms with E-state index in [0.717, 1.165) is 19.0 Å². The number of rotatable bonds is 9. The summed E-state index contributed by atoms with van der Waals surface area (Å²) in [5.41, 5.74) is 0.363. The summed E-state index contributed by atoms with van der Waals surface area (Å²) in [4.78, 5) is 20.3. The summed E-state index contributed by atoms with van der Waals surface area (Å²) in [6.07, 6.45) is 7.82. The molecule has 0 unspecified atom stereocenters. The maximum Gasteiger partial charge on any atom is 0.252 e. The highest BCUT2D eigenvalue weighted by atomic mass is 31.2. The highest BCUT2D eigenvalue weighted by Crippen LogP contribution is 2.55. The van der Waals surface area contributed by atoms with Gasteiger partial charge in [-0.1, -0.05) is 36.4 Å². The molecular formula is C27H26FN3OP+. The Hall–Kier alpha value is -3.43. The predicted molar refractivity (Wildman–Crippen MR) is 134 cm³/mol. The fourth-order valence-corrected chi connectivity index (χ4v) is 8.40. The van der Waals surface area contributed by atoms with Crippen LogP contribution in [0.3, 0.4) is 0 Å². The van der Waals surface area contributed by atoms with E-state index in [-0.39, 0.29) is 5.91 Å². The topological polar surface area (TPSA) is 54.9 Å². The molecule has 166 valence electrons. The molecule has 0 aliphatic rings. The Bertz CT molecular complexity index is 1060. The van der Waals surface area contributed by atoms with Crippen molar-refractivity contribution >= 4 is 29.1 Å². The van der Waals surface area contributed by atoms with Crippen LogP contribution in [0.2, 0.25) is 0 Å². The fourth-order valence-electron chi connectivity index (χ4n) is 4.07. The molecule has 0 aliphatic heterocycles. The molecule has 0 atom stereocenters. The van der Waals surface area contributed by atoms with Crippen molar-refractivity contribution in [3.8, 4) is 0 Å².